The van der Waals surface area contributed by atoms with Crippen LogP contribution < -0.4 is 0 Å². The standard InChI is InChI=1S/C8H16O/c1-7-4-3-5-8(6-7)9-2/h7-8H,3-6H2,1-2H3/t7-,8?/m0/s1. The zero-order valence-electron chi connectivity index (χ0n) is 6.39. The van der Waals surface area contributed by atoms with Gasteiger partial charge in [0, 0.05) is 7.11 Å². The van der Waals surface area contributed by atoms with E-state index in [9.17, 15) is 0 Å². The molecule has 1 saturated carbocycles. The normalized spacial score (nSPS) is 36.7. The highest BCUT2D eigenvalue weighted by molar-refractivity contribution is 4.69. The maximum absolute atomic E-state index is 5.26. The Morgan fingerprint density at radius 2 is 2.11 bits per heavy atom. The molecular formula is C8H16O. The molecular weight excluding hydrogens is 112 g/mol. The van der Waals surface area contributed by atoms with Gasteiger partial charge in [-0.15, -0.1) is 0 Å². The molecule has 1 rings (SSSR count). The average molecular weight is 128 g/mol. The Kier molecular flexibility index (Phi) is 2.52. The summed E-state index contributed by atoms with van der Waals surface area (Å²) in [6.45, 7) is 2.31. The van der Waals surface area contributed by atoms with Crippen LogP contribution in [0.4, 0.5) is 0 Å². The molecule has 0 heterocycles. The average Bonchev–Trinajstić information content (AvgIpc) is 1.88. The molecule has 0 aliphatic heterocycles. The number of hydrogen-bond acceptors (Lipinski definition) is 1. The number of ether oxygens (including phenoxy) is 1. The minimum atomic E-state index is 0.564. The molecule has 0 aromatic rings. The van der Waals surface area contributed by atoms with Gasteiger partial charge in [0.15, 0.2) is 0 Å². The second-order valence-electron chi connectivity index (χ2n) is 3.13. The van der Waals surface area contributed by atoms with Gasteiger partial charge in [-0.1, -0.05) is 19.8 Å². The highest BCUT2D eigenvalue weighted by Gasteiger charge is 2.17. The van der Waals surface area contributed by atoms with Crippen molar-refractivity contribution in [3.05, 3.63) is 0 Å². The van der Waals surface area contributed by atoms with Crippen LogP contribution in [0.5, 0.6) is 0 Å². The number of methoxy groups -OCH3 is 1. The predicted octanol–water partition coefficient (Wildman–Crippen LogP) is 2.21. The van der Waals surface area contributed by atoms with Gasteiger partial charge in [0.25, 0.3) is 0 Å². The summed E-state index contributed by atoms with van der Waals surface area (Å²) in [5, 5.41) is 0. The van der Waals surface area contributed by atoms with E-state index in [4.69, 9.17) is 4.74 Å². The molecule has 1 fully saturated rings. The lowest BCUT2D eigenvalue weighted by atomic mass is 9.89. The lowest BCUT2D eigenvalue weighted by molar-refractivity contribution is 0.0542. The Balaban J connectivity index is 2.23. The van der Waals surface area contributed by atoms with Crippen molar-refractivity contribution in [1.29, 1.82) is 0 Å². The molecule has 54 valence electrons. The Morgan fingerprint density at radius 3 is 2.56 bits per heavy atom. The van der Waals surface area contributed by atoms with Crippen molar-refractivity contribution in [2.45, 2.75) is 38.7 Å². The summed E-state index contributed by atoms with van der Waals surface area (Å²) < 4.78 is 5.26. The first-order chi connectivity index (χ1) is 4.33. The molecule has 0 radical (unpaired) electrons. The molecule has 0 amide bonds. The molecule has 1 heteroatoms. The highest BCUT2D eigenvalue weighted by Crippen LogP contribution is 2.24. The van der Waals surface area contributed by atoms with Gasteiger partial charge in [-0.2, -0.15) is 0 Å². The van der Waals surface area contributed by atoms with E-state index < -0.39 is 0 Å². The Hall–Kier alpha value is -0.0400. The van der Waals surface area contributed by atoms with Crippen molar-refractivity contribution in [3.8, 4) is 0 Å². The first-order valence-corrected chi connectivity index (χ1v) is 3.85. The Bertz CT molecular complexity index is 80.6. The van der Waals surface area contributed by atoms with Gasteiger partial charge < -0.3 is 4.74 Å². The van der Waals surface area contributed by atoms with Crippen LogP contribution in [-0.4, -0.2) is 13.2 Å². The largest absolute Gasteiger partial charge is 0.381 e. The van der Waals surface area contributed by atoms with Crippen LogP contribution in [0.3, 0.4) is 0 Å². The first kappa shape index (κ1) is 7.07. The van der Waals surface area contributed by atoms with E-state index in [1.54, 1.807) is 0 Å². The van der Waals surface area contributed by atoms with Gasteiger partial charge in [-0.05, 0) is 18.8 Å². The van der Waals surface area contributed by atoms with Gasteiger partial charge in [0.1, 0.15) is 0 Å². The highest BCUT2D eigenvalue weighted by atomic mass is 16.5. The van der Waals surface area contributed by atoms with Crippen LogP contribution >= 0.6 is 0 Å². The summed E-state index contributed by atoms with van der Waals surface area (Å²) >= 11 is 0. The molecule has 9 heavy (non-hydrogen) atoms. The van der Waals surface area contributed by atoms with Crippen LogP contribution in [0.2, 0.25) is 0 Å². The fourth-order valence-electron chi connectivity index (χ4n) is 1.59. The van der Waals surface area contributed by atoms with E-state index in [0.717, 1.165) is 5.92 Å². The summed E-state index contributed by atoms with van der Waals surface area (Å²) in [5.74, 6) is 0.892. The third-order valence-corrected chi connectivity index (χ3v) is 2.22. The molecule has 1 unspecified atom stereocenters. The number of rotatable bonds is 1. The molecule has 0 aromatic carbocycles. The maximum Gasteiger partial charge on any atom is 0.0573 e. The van der Waals surface area contributed by atoms with Crippen molar-refractivity contribution in [2.75, 3.05) is 7.11 Å². The second-order valence-corrected chi connectivity index (χ2v) is 3.13. The summed E-state index contributed by atoms with van der Waals surface area (Å²) in [6, 6.07) is 0. The van der Waals surface area contributed by atoms with E-state index in [-0.39, 0.29) is 0 Å². The van der Waals surface area contributed by atoms with E-state index in [0.29, 0.717) is 6.10 Å². The molecule has 1 nitrogen and oxygen atoms in total. The monoisotopic (exact) mass is 128 g/mol. The Morgan fingerprint density at radius 1 is 1.33 bits per heavy atom. The van der Waals surface area contributed by atoms with E-state index in [1.165, 1.54) is 25.7 Å². The van der Waals surface area contributed by atoms with Crippen molar-refractivity contribution >= 4 is 0 Å². The molecule has 1 aliphatic rings. The van der Waals surface area contributed by atoms with Crippen LogP contribution in [0.25, 0.3) is 0 Å². The van der Waals surface area contributed by atoms with Crippen LogP contribution in [-0.2, 0) is 4.74 Å². The van der Waals surface area contributed by atoms with Crippen molar-refractivity contribution in [2.24, 2.45) is 5.92 Å². The van der Waals surface area contributed by atoms with Crippen molar-refractivity contribution in [1.82, 2.24) is 0 Å². The Labute approximate surface area is 57.4 Å². The third kappa shape index (κ3) is 1.98. The van der Waals surface area contributed by atoms with Gasteiger partial charge >= 0.3 is 0 Å². The summed E-state index contributed by atoms with van der Waals surface area (Å²) in [7, 11) is 1.82. The zero-order valence-corrected chi connectivity index (χ0v) is 6.39. The van der Waals surface area contributed by atoms with Gasteiger partial charge in [0.05, 0.1) is 6.10 Å². The fraction of sp³-hybridized carbons (Fsp3) is 1.00. The summed E-state index contributed by atoms with van der Waals surface area (Å²) in [5.41, 5.74) is 0. The van der Waals surface area contributed by atoms with Crippen molar-refractivity contribution in [3.63, 3.8) is 0 Å². The van der Waals surface area contributed by atoms with Gasteiger partial charge in [-0.3, -0.25) is 0 Å². The van der Waals surface area contributed by atoms with E-state index in [1.807, 2.05) is 7.11 Å². The SMILES string of the molecule is COC1CCC[C@H](C)C1. The van der Waals surface area contributed by atoms with Crippen LogP contribution in [0, 0.1) is 5.92 Å². The minimum Gasteiger partial charge on any atom is -0.381 e. The first-order valence-electron chi connectivity index (χ1n) is 3.85. The fourth-order valence-corrected chi connectivity index (χ4v) is 1.59. The molecule has 2 atom stereocenters. The predicted molar refractivity (Wildman–Crippen MR) is 38.4 cm³/mol. The van der Waals surface area contributed by atoms with Crippen LogP contribution in [0.1, 0.15) is 32.6 Å². The lowest BCUT2D eigenvalue weighted by Crippen LogP contribution is -2.19. The van der Waals surface area contributed by atoms with Crippen molar-refractivity contribution < 1.29 is 4.74 Å². The van der Waals surface area contributed by atoms with Crippen LogP contribution in [0.15, 0.2) is 0 Å². The topological polar surface area (TPSA) is 9.23 Å². The molecule has 0 N–H and O–H groups in total. The molecule has 0 spiro atoms. The van der Waals surface area contributed by atoms with E-state index >= 15 is 0 Å². The zero-order chi connectivity index (χ0) is 6.69. The third-order valence-electron chi connectivity index (χ3n) is 2.22. The summed E-state index contributed by atoms with van der Waals surface area (Å²) in [4.78, 5) is 0. The second kappa shape index (κ2) is 3.21. The molecule has 0 saturated heterocycles. The maximum atomic E-state index is 5.26. The smallest absolute Gasteiger partial charge is 0.0573 e. The molecule has 0 bridgehead atoms. The summed E-state index contributed by atoms with van der Waals surface area (Å²) in [6.07, 6.45) is 5.88. The minimum absolute atomic E-state index is 0.564. The molecule has 1 aliphatic carbocycles. The number of hydrogen-bond donors (Lipinski definition) is 0. The van der Waals surface area contributed by atoms with Gasteiger partial charge in [0.2, 0.25) is 0 Å². The lowest BCUT2D eigenvalue weighted by Gasteiger charge is -2.25. The van der Waals surface area contributed by atoms with Gasteiger partial charge in [-0.25, -0.2) is 0 Å². The molecule has 0 aromatic heterocycles. The quantitative estimate of drug-likeness (QED) is 0.526. The van der Waals surface area contributed by atoms with E-state index in [2.05, 4.69) is 6.92 Å².